The lowest BCUT2D eigenvalue weighted by Gasteiger charge is -2.46. The van der Waals surface area contributed by atoms with Crippen LogP contribution in [0.25, 0.3) is 0 Å². The summed E-state index contributed by atoms with van der Waals surface area (Å²) in [5, 5.41) is 3.27. The summed E-state index contributed by atoms with van der Waals surface area (Å²) in [5.74, 6) is 3.11. The maximum Gasteiger partial charge on any atom is 0.248 e. The summed E-state index contributed by atoms with van der Waals surface area (Å²) >= 11 is 0. The highest BCUT2D eigenvalue weighted by molar-refractivity contribution is 5.93. The van der Waals surface area contributed by atoms with Crippen LogP contribution < -0.4 is 15.0 Å². The summed E-state index contributed by atoms with van der Waals surface area (Å²) in [7, 11) is 1.93. The second-order valence-electron chi connectivity index (χ2n) is 10.8. The molecule has 2 aromatic rings. The first-order chi connectivity index (χ1) is 17.6. The second kappa shape index (κ2) is 9.84. The number of aromatic nitrogens is 3. The van der Waals surface area contributed by atoms with Crippen molar-refractivity contribution < 1.29 is 9.53 Å². The van der Waals surface area contributed by atoms with Gasteiger partial charge in [-0.3, -0.25) is 9.69 Å². The molecule has 3 fully saturated rings. The maximum atomic E-state index is 13.5. The van der Waals surface area contributed by atoms with Crippen LogP contribution in [0.1, 0.15) is 56.9 Å². The van der Waals surface area contributed by atoms with E-state index in [1.165, 1.54) is 38.8 Å². The molecule has 0 radical (unpaired) electrons. The van der Waals surface area contributed by atoms with Crippen molar-refractivity contribution in [2.75, 3.05) is 50.1 Å². The fourth-order valence-electron chi connectivity index (χ4n) is 6.59. The molecular weight excluding hydrogens is 454 g/mol. The van der Waals surface area contributed by atoms with E-state index in [0.717, 1.165) is 55.9 Å². The fraction of sp³-hybridized carbons (Fsp3) is 0.630. The third-order valence-electron chi connectivity index (χ3n) is 8.38. The van der Waals surface area contributed by atoms with Gasteiger partial charge in [0, 0.05) is 44.4 Å². The molecule has 1 N–H and O–H groups in total. The number of pyridine rings is 1. The zero-order valence-corrected chi connectivity index (χ0v) is 21.3. The van der Waals surface area contributed by atoms with Gasteiger partial charge in [-0.1, -0.05) is 12.8 Å². The molecule has 1 aliphatic carbocycles. The summed E-state index contributed by atoms with van der Waals surface area (Å²) in [6.07, 6.45) is 13.5. The van der Waals surface area contributed by atoms with Crippen molar-refractivity contribution in [3.05, 3.63) is 30.1 Å². The van der Waals surface area contributed by atoms with E-state index in [4.69, 9.17) is 9.72 Å². The van der Waals surface area contributed by atoms with Crippen molar-refractivity contribution in [1.82, 2.24) is 24.8 Å². The highest BCUT2D eigenvalue weighted by Gasteiger charge is 2.55. The molecule has 2 aromatic heterocycles. The molecule has 36 heavy (non-hydrogen) atoms. The van der Waals surface area contributed by atoms with Gasteiger partial charge in [-0.15, -0.1) is 0 Å². The summed E-state index contributed by atoms with van der Waals surface area (Å²) in [5.41, 5.74) is 0.565. The van der Waals surface area contributed by atoms with Crippen LogP contribution in [0.4, 0.5) is 17.6 Å². The molecule has 3 aliphatic heterocycles. The third kappa shape index (κ3) is 4.38. The number of rotatable bonds is 7. The molecule has 9 nitrogen and oxygen atoms in total. The van der Waals surface area contributed by atoms with E-state index in [2.05, 4.69) is 25.1 Å². The SMILES string of the molecule is CN1CCCC2(Cc3cnc(Nc4ccc(OCCN5CCCC5)cn4)nc3N2C2CCCC2)C1=O. The minimum absolute atomic E-state index is 0.232. The standard InChI is InChI=1S/C27H37N7O2/c1-32-12-6-11-27(25(32)35)17-20-18-29-26(31-24(20)34(27)21-7-2-3-8-21)30-23-10-9-22(19-28-23)36-16-15-33-13-4-5-14-33/h9-10,18-19,21H,2-8,11-17H2,1H3,(H,28,29,30,31). The number of likely N-dealkylation sites (N-methyl/N-ethyl adjacent to an activating group) is 1. The van der Waals surface area contributed by atoms with E-state index in [0.29, 0.717) is 30.8 Å². The molecule has 0 bridgehead atoms. The Morgan fingerprint density at radius 1 is 1.06 bits per heavy atom. The van der Waals surface area contributed by atoms with Crippen LogP contribution in [0.15, 0.2) is 24.5 Å². The highest BCUT2D eigenvalue weighted by atomic mass is 16.5. The Balaban J connectivity index is 1.17. The molecule has 2 saturated heterocycles. The molecule has 1 spiro atoms. The van der Waals surface area contributed by atoms with Gasteiger partial charge >= 0.3 is 0 Å². The minimum Gasteiger partial charge on any atom is -0.491 e. The van der Waals surface area contributed by atoms with E-state index in [1.54, 1.807) is 6.20 Å². The lowest BCUT2D eigenvalue weighted by atomic mass is 9.83. The molecule has 6 rings (SSSR count). The zero-order valence-electron chi connectivity index (χ0n) is 21.3. The largest absolute Gasteiger partial charge is 0.491 e. The van der Waals surface area contributed by atoms with Gasteiger partial charge in [0.1, 0.15) is 29.5 Å². The number of hydrogen-bond donors (Lipinski definition) is 1. The normalized spacial score (nSPS) is 24.6. The third-order valence-corrected chi connectivity index (χ3v) is 8.38. The van der Waals surface area contributed by atoms with Gasteiger partial charge in [-0.05, 0) is 63.7 Å². The topological polar surface area (TPSA) is 86.7 Å². The Morgan fingerprint density at radius 3 is 2.67 bits per heavy atom. The van der Waals surface area contributed by atoms with Crippen molar-refractivity contribution >= 4 is 23.5 Å². The number of fused-ring (bicyclic) bond motifs is 1. The lowest BCUT2D eigenvalue weighted by Crippen LogP contribution is -2.63. The van der Waals surface area contributed by atoms with Crippen LogP contribution in [0.5, 0.6) is 5.75 Å². The molecule has 1 unspecified atom stereocenters. The monoisotopic (exact) mass is 491 g/mol. The number of anilines is 3. The molecule has 1 amide bonds. The number of nitrogens with one attached hydrogen (secondary N) is 1. The molecule has 4 aliphatic rings. The Labute approximate surface area is 213 Å². The summed E-state index contributed by atoms with van der Waals surface area (Å²) < 4.78 is 5.88. The zero-order chi connectivity index (χ0) is 24.5. The first-order valence-electron chi connectivity index (χ1n) is 13.6. The fourth-order valence-corrected chi connectivity index (χ4v) is 6.59. The maximum absolute atomic E-state index is 13.5. The van der Waals surface area contributed by atoms with Crippen molar-refractivity contribution in [3.8, 4) is 5.75 Å². The van der Waals surface area contributed by atoms with Crippen LogP contribution in [0.3, 0.4) is 0 Å². The van der Waals surface area contributed by atoms with E-state index >= 15 is 0 Å². The van der Waals surface area contributed by atoms with Crippen molar-refractivity contribution in [2.24, 2.45) is 0 Å². The molecule has 1 saturated carbocycles. The van der Waals surface area contributed by atoms with Gasteiger partial charge in [-0.25, -0.2) is 9.97 Å². The summed E-state index contributed by atoms with van der Waals surface area (Å²) in [4.78, 5) is 34.3. The molecule has 192 valence electrons. The quantitative estimate of drug-likeness (QED) is 0.631. The lowest BCUT2D eigenvalue weighted by molar-refractivity contribution is -0.138. The Kier molecular flexibility index (Phi) is 6.41. The number of amides is 1. The number of piperidine rings is 1. The van der Waals surface area contributed by atoms with Crippen LogP contribution >= 0.6 is 0 Å². The number of hydrogen-bond acceptors (Lipinski definition) is 8. The highest BCUT2D eigenvalue weighted by Crippen LogP contribution is 2.47. The predicted molar refractivity (Wildman–Crippen MR) is 139 cm³/mol. The van der Waals surface area contributed by atoms with E-state index in [9.17, 15) is 4.79 Å². The number of carbonyl (C=O) groups is 1. The summed E-state index contributed by atoms with van der Waals surface area (Å²) in [6, 6.07) is 4.19. The van der Waals surface area contributed by atoms with Crippen LogP contribution in [0.2, 0.25) is 0 Å². The number of likely N-dealkylation sites (tertiary alicyclic amines) is 2. The van der Waals surface area contributed by atoms with Gasteiger partial charge in [0.2, 0.25) is 11.9 Å². The smallest absolute Gasteiger partial charge is 0.248 e. The molecule has 5 heterocycles. The Bertz CT molecular complexity index is 1080. The van der Waals surface area contributed by atoms with Crippen LogP contribution in [0, 0.1) is 0 Å². The second-order valence-corrected chi connectivity index (χ2v) is 10.8. The minimum atomic E-state index is -0.510. The van der Waals surface area contributed by atoms with Gasteiger partial charge in [0.15, 0.2) is 0 Å². The molecule has 0 aromatic carbocycles. The van der Waals surface area contributed by atoms with Crippen molar-refractivity contribution in [2.45, 2.75) is 69.4 Å². The molecule has 1 atom stereocenters. The van der Waals surface area contributed by atoms with E-state index in [-0.39, 0.29) is 5.91 Å². The average Bonchev–Trinajstić information content (AvgIpc) is 3.64. The summed E-state index contributed by atoms with van der Waals surface area (Å²) in [6.45, 7) is 4.82. The predicted octanol–water partition coefficient (Wildman–Crippen LogP) is 3.39. The molecular formula is C27H37N7O2. The Morgan fingerprint density at radius 2 is 1.89 bits per heavy atom. The Hall–Kier alpha value is -2.94. The van der Waals surface area contributed by atoms with E-state index < -0.39 is 5.54 Å². The van der Waals surface area contributed by atoms with Gasteiger partial charge in [0.25, 0.3) is 0 Å². The van der Waals surface area contributed by atoms with Crippen molar-refractivity contribution in [1.29, 1.82) is 0 Å². The first kappa shape index (κ1) is 23.5. The van der Waals surface area contributed by atoms with Crippen LogP contribution in [-0.4, -0.2) is 82.1 Å². The van der Waals surface area contributed by atoms with Crippen LogP contribution in [-0.2, 0) is 11.2 Å². The number of ether oxygens (including phenoxy) is 1. The number of carbonyl (C=O) groups excluding carboxylic acids is 1. The molecule has 9 heteroatoms. The first-order valence-corrected chi connectivity index (χ1v) is 13.6. The average molecular weight is 492 g/mol. The van der Waals surface area contributed by atoms with Gasteiger partial charge < -0.3 is 19.9 Å². The van der Waals surface area contributed by atoms with E-state index in [1.807, 2.05) is 30.3 Å². The van der Waals surface area contributed by atoms with Crippen molar-refractivity contribution in [3.63, 3.8) is 0 Å². The number of nitrogens with zero attached hydrogens (tertiary/aromatic N) is 6. The van der Waals surface area contributed by atoms with Gasteiger partial charge in [-0.2, -0.15) is 4.98 Å². The van der Waals surface area contributed by atoms with Gasteiger partial charge in [0.05, 0.1) is 6.20 Å².